The van der Waals surface area contributed by atoms with Gasteiger partial charge in [-0.25, -0.2) is 8.78 Å². The van der Waals surface area contributed by atoms with Gasteiger partial charge in [0.2, 0.25) is 0 Å². The molecule has 2 nitrogen and oxygen atoms in total. The quantitative estimate of drug-likeness (QED) is 0.795. The SMILES string of the molecule is CC1(C)CNCC(c2ccc(F)c(F)c2)O1. The Labute approximate surface area is 93.6 Å². The van der Waals surface area contributed by atoms with Crippen molar-refractivity contribution in [2.45, 2.75) is 25.6 Å². The topological polar surface area (TPSA) is 21.3 Å². The molecular weight excluding hydrogens is 212 g/mol. The largest absolute Gasteiger partial charge is 0.365 e. The van der Waals surface area contributed by atoms with E-state index in [0.29, 0.717) is 12.1 Å². The maximum atomic E-state index is 13.1. The van der Waals surface area contributed by atoms with Crippen LogP contribution in [0.3, 0.4) is 0 Å². The zero-order chi connectivity index (χ0) is 11.8. The Bertz CT molecular complexity index is 393. The highest BCUT2D eigenvalue weighted by Gasteiger charge is 2.29. The molecule has 1 aromatic carbocycles. The molecule has 0 radical (unpaired) electrons. The summed E-state index contributed by atoms with van der Waals surface area (Å²) in [4.78, 5) is 0. The van der Waals surface area contributed by atoms with Crippen LogP contribution in [0, 0.1) is 11.6 Å². The summed E-state index contributed by atoms with van der Waals surface area (Å²) in [7, 11) is 0. The van der Waals surface area contributed by atoms with Gasteiger partial charge in [0.1, 0.15) is 0 Å². The number of hydrogen-bond acceptors (Lipinski definition) is 2. The van der Waals surface area contributed by atoms with Gasteiger partial charge in [-0.15, -0.1) is 0 Å². The molecule has 1 fully saturated rings. The number of nitrogens with one attached hydrogen (secondary N) is 1. The van der Waals surface area contributed by atoms with E-state index in [0.717, 1.165) is 12.6 Å². The summed E-state index contributed by atoms with van der Waals surface area (Å²) in [6, 6.07) is 3.89. The average molecular weight is 227 g/mol. The lowest BCUT2D eigenvalue weighted by Gasteiger charge is -2.36. The van der Waals surface area contributed by atoms with Gasteiger partial charge >= 0.3 is 0 Å². The van der Waals surface area contributed by atoms with Crippen molar-refractivity contribution in [2.24, 2.45) is 0 Å². The summed E-state index contributed by atoms with van der Waals surface area (Å²) in [6.07, 6.45) is -0.223. The van der Waals surface area contributed by atoms with Crippen molar-refractivity contribution in [2.75, 3.05) is 13.1 Å². The van der Waals surface area contributed by atoms with Crippen molar-refractivity contribution in [1.82, 2.24) is 5.32 Å². The van der Waals surface area contributed by atoms with Crippen LogP contribution >= 0.6 is 0 Å². The Hall–Kier alpha value is -1.00. The fourth-order valence-electron chi connectivity index (χ4n) is 1.87. The summed E-state index contributed by atoms with van der Waals surface area (Å²) >= 11 is 0. The minimum absolute atomic E-state index is 0.223. The van der Waals surface area contributed by atoms with E-state index in [-0.39, 0.29) is 11.7 Å². The highest BCUT2D eigenvalue weighted by Crippen LogP contribution is 2.27. The summed E-state index contributed by atoms with van der Waals surface area (Å²) in [5.41, 5.74) is 0.382. The van der Waals surface area contributed by atoms with Crippen molar-refractivity contribution < 1.29 is 13.5 Å². The van der Waals surface area contributed by atoms with Crippen LogP contribution in [0.5, 0.6) is 0 Å². The molecule has 88 valence electrons. The van der Waals surface area contributed by atoms with Gasteiger partial charge in [0, 0.05) is 13.1 Å². The van der Waals surface area contributed by atoms with E-state index in [4.69, 9.17) is 4.74 Å². The van der Waals surface area contributed by atoms with Gasteiger partial charge in [-0.3, -0.25) is 0 Å². The van der Waals surface area contributed by atoms with E-state index in [1.165, 1.54) is 6.07 Å². The molecule has 1 N–H and O–H groups in total. The van der Waals surface area contributed by atoms with Gasteiger partial charge in [0.05, 0.1) is 11.7 Å². The lowest BCUT2D eigenvalue weighted by Crippen LogP contribution is -2.46. The second-order valence-corrected chi connectivity index (χ2v) is 4.67. The standard InChI is InChI=1S/C12H15F2NO/c1-12(2)7-15-6-11(16-12)8-3-4-9(13)10(14)5-8/h3-5,11,15H,6-7H2,1-2H3. The van der Waals surface area contributed by atoms with Crippen LogP contribution in [0.4, 0.5) is 8.78 Å². The fraction of sp³-hybridized carbons (Fsp3) is 0.500. The van der Waals surface area contributed by atoms with Crippen LogP contribution in [-0.4, -0.2) is 18.7 Å². The maximum absolute atomic E-state index is 13.1. The smallest absolute Gasteiger partial charge is 0.159 e. The second-order valence-electron chi connectivity index (χ2n) is 4.67. The van der Waals surface area contributed by atoms with Gasteiger partial charge in [0.15, 0.2) is 11.6 Å². The predicted octanol–water partition coefficient (Wildman–Crippen LogP) is 2.40. The first kappa shape index (κ1) is 11.5. The first-order valence-corrected chi connectivity index (χ1v) is 5.31. The molecule has 1 aliphatic rings. The number of ether oxygens (including phenoxy) is 1. The second kappa shape index (κ2) is 4.11. The molecule has 0 amide bonds. The van der Waals surface area contributed by atoms with E-state index >= 15 is 0 Å². The third-order valence-electron chi connectivity index (χ3n) is 2.66. The summed E-state index contributed by atoms with van der Waals surface area (Å²) < 4.78 is 31.7. The third kappa shape index (κ3) is 2.39. The zero-order valence-electron chi connectivity index (χ0n) is 9.39. The molecular formula is C12H15F2NO. The lowest BCUT2D eigenvalue weighted by molar-refractivity contribution is -0.0959. The van der Waals surface area contributed by atoms with Crippen molar-refractivity contribution in [3.63, 3.8) is 0 Å². The van der Waals surface area contributed by atoms with Crippen LogP contribution in [0.1, 0.15) is 25.5 Å². The number of hydrogen-bond donors (Lipinski definition) is 1. The highest BCUT2D eigenvalue weighted by atomic mass is 19.2. The summed E-state index contributed by atoms with van der Waals surface area (Å²) in [5.74, 6) is -1.66. The predicted molar refractivity (Wildman–Crippen MR) is 57.1 cm³/mol. The third-order valence-corrected chi connectivity index (χ3v) is 2.66. The first-order chi connectivity index (χ1) is 7.48. The van der Waals surface area contributed by atoms with Gasteiger partial charge in [-0.2, -0.15) is 0 Å². The molecule has 1 aromatic rings. The fourth-order valence-corrected chi connectivity index (χ4v) is 1.87. The van der Waals surface area contributed by atoms with Crippen molar-refractivity contribution in [3.05, 3.63) is 35.4 Å². The lowest BCUT2D eigenvalue weighted by atomic mass is 10.0. The molecule has 0 bridgehead atoms. The Morgan fingerprint density at radius 2 is 2.06 bits per heavy atom. The molecule has 4 heteroatoms. The molecule has 16 heavy (non-hydrogen) atoms. The number of rotatable bonds is 1. The van der Waals surface area contributed by atoms with E-state index in [2.05, 4.69) is 5.32 Å². The van der Waals surface area contributed by atoms with Crippen molar-refractivity contribution in [3.8, 4) is 0 Å². The van der Waals surface area contributed by atoms with Crippen LogP contribution in [0.25, 0.3) is 0 Å². The van der Waals surface area contributed by atoms with Gasteiger partial charge < -0.3 is 10.1 Å². The Kier molecular flexibility index (Phi) is 2.95. The van der Waals surface area contributed by atoms with Crippen molar-refractivity contribution in [1.29, 1.82) is 0 Å². The summed E-state index contributed by atoms with van der Waals surface area (Å²) in [6.45, 7) is 5.31. The molecule has 2 rings (SSSR count). The number of halogens is 2. The molecule has 0 spiro atoms. The minimum atomic E-state index is -0.829. The molecule has 0 saturated carbocycles. The van der Waals surface area contributed by atoms with Crippen LogP contribution in [0.15, 0.2) is 18.2 Å². The molecule has 0 aromatic heterocycles. The summed E-state index contributed by atoms with van der Waals surface area (Å²) in [5, 5.41) is 3.22. The minimum Gasteiger partial charge on any atom is -0.365 e. The van der Waals surface area contributed by atoms with Gasteiger partial charge in [-0.05, 0) is 31.5 Å². The number of morpholine rings is 1. The van der Waals surface area contributed by atoms with Crippen LogP contribution in [-0.2, 0) is 4.74 Å². The molecule has 1 saturated heterocycles. The maximum Gasteiger partial charge on any atom is 0.159 e. The average Bonchev–Trinajstić information content (AvgIpc) is 2.20. The molecule has 1 unspecified atom stereocenters. The highest BCUT2D eigenvalue weighted by molar-refractivity contribution is 5.21. The Morgan fingerprint density at radius 1 is 1.31 bits per heavy atom. The van der Waals surface area contributed by atoms with Gasteiger partial charge in [0.25, 0.3) is 0 Å². The van der Waals surface area contributed by atoms with Crippen molar-refractivity contribution >= 4 is 0 Å². The zero-order valence-corrected chi connectivity index (χ0v) is 9.39. The van der Waals surface area contributed by atoms with Crippen LogP contribution < -0.4 is 5.32 Å². The molecule has 0 aliphatic carbocycles. The Morgan fingerprint density at radius 3 is 2.69 bits per heavy atom. The van der Waals surface area contributed by atoms with Crippen LogP contribution in [0.2, 0.25) is 0 Å². The van der Waals surface area contributed by atoms with E-state index in [1.807, 2.05) is 13.8 Å². The molecule has 1 atom stereocenters. The van der Waals surface area contributed by atoms with E-state index in [1.54, 1.807) is 6.07 Å². The van der Waals surface area contributed by atoms with E-state index in [9.17, 15) is 8.78 Å². The molecule has 1 aliphatic heterocycles. The Balaban J connectivity index is 2.20. The normalized spacial score (nSPS) is 24.4. The monoisotopic (exact) mass is 227 g/mol. The first-order valence-electron chi connectivity index (χ1n) is 5.31. The van der Waals surface area contributed by atoms with E-state index < -0.39 is 11.6 Å². The molecule has 1 heterocycles. The number of benzene rings is 1. The van der Waals surface area contributed by atoms with Gasteiger partial charge in [-0.1, -0.05) is 6.07 Å².